The molecule has 27 heavy (non-hydrogen) atoms. The maximum absolute atomic E-state index is 13.2. The second kappa shape index (κ2) is 6.89. The molecular formula is C20H16BrNO3S2. The Morgan fingerprint density at radius 3 is 2.67 bits per heavy atom. The van der Waals surface area contributed by atoms with Crippen LogP contribution in [0.25, 0.3) is 0 Å². The number of carbonyl (C=O) groups excluding carboxylic acids is 1. The van der Waals surface area contributed by atoms with E-state index in [1.807, 2.05) is 37.3 Å². The van der Waals surface area contributed by atoms with Gasteiger partial charge in [0.2, 0.25) is 15.7 Å². The van der Waals surface area contributed by atoms with Gasteiger partial charge in [-0.15, -0.1) is 11.3 Å². The van der Waals surface area contributed by atoms with E-state index in [1.54, 1.807) is 23.6 Å². The third-order valence-corrected chi connectivity index (χ3v) is 8.11. The number of rotatable bonds is 3. The third kappa shape index (κ3) is 3.35. The van der Waals surface area contributed by atoms with Crippen LogP contribution in [0.4, 0.5) is 5.69 Å². The quantitative estimate of drug-likeness (QED) is 0.587. The van der Waals surface area contributed by atoms with Gasteiger partial charge in [-0.05, 0) is 42.3 Å². The zero-order chi connectivity index (χ0) is 19.2. The van der Waals surface area contributed by atoms with E-state index in [0.29, 0.717) is 12.1 Å². The van der Waals surface area contributed by atoms with E-state index in [1.165, 1.54) is 11.3 Å². The van der Waals surface area contributed by atoms with E-state index in [4.69, 9.17) is 0 Å². The lowest BCUT2D eigenvalue weighted by Gasteiger charge is -2.24. The largest absolute Gasteiger partial charge is 0.324 e. The Balaban J connectivity index is 1.85. The van der Waals surface area contributed by atoms with E-state index in [9.17, 15) is 13.2 Å². The Morgan fingerprint density at radius 1 is 1.15 bits per heavy atom. The summed E-state index contributed by atoms with van der Waals surface area (Å²) in [6, 6.07) is 14.6. The molecule has 0 saturated heterocycles. The van der Waals surface area contributed by atoms with Crippen LogP contribution < -0.4 is 5.32 Å². The molecule has 7 heteroatoms. The molecule has 1 atom stereocenters. The minimum absolute atomic E-state index is 0.155. The van der Waals surface area contributed by atoms with E-state index in [2.05, 4.69) is 21.2 Å². The molecule has 0 aliphatic carbocycles. The fourth-order valence-electron chi connectivity index (χ4n) is 3.30. The van der Waals surface area contributed by atoms with E-state index >= 15 is 0 Å². The number of fused-ring (bicyclic) bond motifs is 1. The number of amides is 1. The number of hydrogen-bond donors (Lipinski definition) is 1. The van der Waals surface area contributed by atoms with Gasteiger partial charge in [0.1, 0.15) is 4.90 Å². The molecule has 1 aliphatic heterocycles. The number of thiophene rings is 1. The van der Waals surface area contributed by atoms with Gasteiger partial charge < -0.3 is 5.32 Å². The molecular weight excluding hydrogens is 446 g/mol. The van der Waals surface area contributed by atoms with Crippen molar-refractivity contribution in [1.82, 2.24) is 0 Å². The lowest BCUT2D eigenvalue weighted by atomic mass is 9.91. The number of anilines is 1. The summed E-state index contributed by atoms with van der Waals surface area (Å²) >= 11 is 4.84. The van der Waals surface area contributed by atoms with Gasteiger partial charge in [0.25, 0.3) is 0 Å². The van der Waals surface area contributed by atoms with Crippen LogP contribution in [-0.2, 0) is 14.6 Å². The van der Waals surface area contributed by atoms with E-state index in [0.717, 1.165) is 20.5 Å². The van der Waals surface area contributed by atoms with Gasteiger partial charge in [-0.1, -0.05) is 40.2 Å². The second-order valence-corrected chi connectivity index (χ2v) is 10.3. The van der Waals surface area contributed by atoms with Crippen molar-refractivity contribution in [2.45, 2.75) is 29.1 Å². The predicted molar refractivity (Wildman–Crippen MR) is 110 cm³/mol. The first kappa shape index (κ1) is 18.4. The van der Waals surface area contributed by atoms with Crippen molar-refractivity contribution >= 4 is 48.7 Å². The zero-order valence-electron chi connectivity index (χ0n) is 14.4. The van der Waals surface area contributed by atoms with Crippen LogP contribution in [0, 0.1) is 6.92 Å². The molecule has 0 unspecified atom stereocenters. The summed E-state index contributed by atoms with van der Waals surface area (Å²) in [4.78, 5) is 13.6. The lowest BCUT2D eigenvalue weighted by Crippen LogP contribution is -2.23. The van der Waals surface area contributed by atoms with Crippen molar-refractivity contribution in [1.29, 1.82) is 0 Å². The van der Waals surface area contributed by atoms with Crippen molar-refractivity contribution in [3.8, 4) is 0 Å². The summed E-state index contributed by atoms with van der Waals surface area (Å²) in [5, 5.41) is 4.43. The fraction of sp³-hybridized carbons (Fsp3) is 0.150. The number of hydrogen-bond acceptors (Lipinski definition) is 4. The Hall–Kier alpha value is -1.96. The molecule has 138 valence electrons. The highest BCUT2D eigenvalue weighted by Crippen LogP contribution is 2.46. The van der Waals surface area contributed by atoms with Crippen molar-refractivity contribution in [2.75, 3.05) is 5.32 Å². The molecule has 0 bridgehead atoms. The number of sulfone groups is 1. The molecule has 0 spiro atoms. The number of nitrogens with one attached hydrogen (secondary N) is 1. The normalized spacial score (nSPS) is 16.7. The number of benzene rings is 2. The van der Waals surface area contributed by atoms with Gasteiger partial charge in [-0.25, -0.2) is 8.42 Å². The van der Waals surface area contributed by atoms with Gasteiger partial charge in [-0.2, -0.15) is 0 Å². The van der Waals surface area contributed by atoms with Crippen molar-refractivity contribution in [3.05, 3.63) is 74.4 Å². The maximum Gasteiger partial charge on any atom is 0.225 e. The maximum atomic E-state index is 13.2. The summed E-state index contributed by atoms with van der Waals surface area (Å²) in [5.41, 5.74) is 2.28. The first-order valence-corrected chi connectivity index (χ1v) is 11.5. The van der Waals surface area contributed by atoms with E-state index < -0.39 is 9.84 Å². The monoisotopic (exact) mass is 461 g/mol. The molecule has 2 aromatic carbocycles. The van der Waals surface area contributed by atoms with Crippen LogP contribution in [0.5, 0.6) is 0 Å². The highest BCUT2D eigenvalue weighted by atomic mass is 79.9. The van der Waals surface area contributed by atoms with Gasteiger partial charge in [0.15, 0.2) is 0 Å². The third-order valence-electron chi connectivity index (χ3n) is 4.60. The molecule has 0 fully saturated rings. The summed E-state index contributed by atoms with van der Waals surface area (Å²) in [6.07, 6.45) is 0.300. The topological polar surface area (TPSA) is 63.2 Å². The summed E-state index contributed by atoms with van der Waals surface area (Å²) < 4.78 is 27.3. The molecule has 4 rings (SSSR count). The van der Waals surface area contributed by atoms with Crippen molar-refractivity contribution in [2.24, 2.45) is 0 Å². The Labute approximate surface area is 170 Å². The average Bonchev–Trinajstić information content (AvgIpc) is 3.05. The van der Waals surface area contributed by atoms with Gasteiger partial charge in [0, 0.05) is 27.1 Å². The van der Waals surface area contributed by atoms with E-state index in [-0.39, 0.29) is 21.6 Å². The summed E-state index contributed by atoms with van der Waals surface area (Å²) in [6.45, 7) is 1.85. The number of carbonyl (C=O) groups is 1. The predicted octanol–water partition coefficient (Wildman–Crippen LogP) is 5.13. The molecule has 1 amide bonds. The van der Waals surface area contributed by atoms with Crippen LogP contribution in [-0.4, -0.2) is 14.3 Å². The smallest absolute Gasteiger partial charge is 0.225 e. The molecule has 3 aromatic rings. The Morgan fingerprint density at radius 2 is 1.93 bits per heavy atom. The van der Waals surface area contributed by atoms with Crippen LogP contribution in [0.3, 0.4) is 0 Å². The molecule has 4 nitrogen and oxygen atoms in total. The highest BCUT2D eigenvalue weighted by Gasteiger charge is 2.34. The van der Waals surface area contributed by atoms with Gasteiger partial charge in [-0.3, -0.25) is 4.79 Å². The minimum Gasteiger partial charge on any atom is -0.324 e. The fourth-order valence-corrected chi connectivity index (χ4v) is 6.73. The van der Waals surface area contributed by atoms with Crippen LogP contribution in [0.15, 0.2) is 68.2 Å². The van der Waals surface area contributed by atoms with Crippen molar-refractivity contribution in [3.63, 3.8) is 0 Å². The molecule has 1 aromatic heterocycles. The van der Waals surface area contributed by atoms with Crippen LogP contribution in [0.2, 0.25) is 0 Å². The number of aryl methyl sites for hydroxylation is 1. The first-order chi connectivity index (χ1) is 12.9. The van der Waals surface area contributed by atoms with Crippen molar-refractivity contribution < 1.29 is 13.2 Å². The lowest BCUT2D eigenvalue weighted by molar-refractivity contribution is -0.116. The summed E-state index contributed by atoms with van der Waals surface area (Å²) in [5.74, 6) is -0.329. The molecule has 0 saturated carbocycles. The highest BCUT2D eigenvalue weighted by molar-refractivity contribution is 9.10. The standard InChI is InChI=1S/C20H16BrNO3S2/c1-12-4-2-7-15(8-12)27(24,25)17-11-26-20-16(10-18(23)22-19(17)20)13-5-3-6-14(21)9-13/h2-9,11,16H,10H2,1H3,(H,22,23)/t16-/m1/s1. The molecule has 1 aliphatic rings. The first-order valence-electron chi connectivity index (χ1n) is 8.35. The van der Waals surface area contributed by atoms with Crippen LogP contribution in [0.1, 0.15) is 28.3 Å². The SMILES string of the molecule is Cc1cccc(S(=O)(=O)c2csc3c2NC(=O)C[C@@H]3c2cccc(Br)c2)c1. The Bertz CT molecular complexity index is 1150. The number of halogens is 1. The molecule has 2 heterocycles. The zero-order valence-corrected chi connectivity index (χ0v) is 17.6. The van der Waals surface area contributed by atoms with Crippen LogP contribution >= 0.6 is 27.3 Å². The van der Waals surface area contributed by atoms with Gasteiger partial charge in [0.05, 0.1) is 10.6 Å². The summed E-state index contributed by atoms with van der Waals surface area (Å²) in [7, 11) is -3.71. The Kier molecular flexibility index (Phi) is 4.70. The molecule has 1 N–H and O–H groups in total. The second-order valence-electron chi connectivity index (χ2n) is 6.52. The molecule has 0 radical (unpaired) electrons. The minimum atomic E-state index is -3.71. The van der Waals surface area contributed by atoms with Gasteiger partial charge >= 0.3 is 0 Å². The average molecular weight is 462 g/mol.